The molecule has 2 atom stereocenters. The van der Waals surface area contributed by atoms with Gasteiger partial charge in [0.2, 0.25) is 5.91 Å². The molecule has 2 heterocycles. The number of hydrogen-bond acceptors (Lipinski definition) is 6. The molecule has 0 aromatic carbocycles. The molecule has 1 aromatic heterocycles. The van der Waals surface area contributed by atoms with Crippen LogP contribution in [0.25, 0.3) is 0 Å². The number of ether oxygens (including phenoxy) is 1. The fourth-order valence-corrected chi connectivity index (χ4v) is 2.98. The molecule has 0 aliphatic carbocycles. The minimum Gasteiger partial charge on any atom is -0.372 e. The molecule has 25 heavy (non-hydrogen) atoms. The maximum atomic E-state index is 12.3. The first-order valence-corrected chi connectivity index (χ1v) is 8.13. The van der Waals surface area contributed by atoms with Gasteiger partial charge >= 0.3 is 5.69 Å². The van der Waals surface area contributed by atoms with Gasteiger partial charge in [-0.05, 0) is 13.8 Å². The van der Waals surface area contributed by atoms with Crippen LogP contribution in [0.15, 0.2) is 9.59 Å². The third-order valence-corrected chi connectivity index (χ3v) is 4.18. The molecule has 0 spiro atoms. The minimum atomic E-state index is -0.657. The summed E-state index contributed by atoms with van der Waals surface area (Å²) in [5.41, 5.74) is -1.34. The van der Waals surface area contributed by atoms with Crippen LogP contribution in [0.1, 0.15) is 25.8 Å². The van der Waals surface area contributed by atoms with Gasteiger partial charge in [0, 0.05) is 40.2 Å². The van der Waals surface area contributed by atoms with E-state index in [0.29, 0.717) is 13.1 Å². The van der Waals surface area contributed by atoms with E-state index in [1.54, 1.807) is 4.90 Å². The lowest BCUT2D eigenvalue weighted by molar-refractivity contribution is -0.142. The highest BCUT2D eigenvalue weighted by molar-refractivity contribution is 5.77. The van der Waals surface area contributed by atoms with E-state index in [2.05, 4.69) is 5.32 Å². The van der Waals surface area contributed by atoms with Crippen molar-refractivity contribution in [2.45, 2.75) is 32.5 Å². The number of amides is 1. The van der Waals surface area contributed by atoms with Crippen LogP contribution in [-0.2, 0) is 23.6 Å². The Morgan fingerprint density at radius 3 is 2.40 bits per heavy atom. The highest BCUT2D eigenvalue weighted by atomic mass is 16.5. The van der Waals surface area contributed by atoms with Crippen LogP contribution in [0.5, 0.6) is 0 Å². The van der Waals surface area contributed by atoms with Gasteiger partial charge < -0.3 is 15.0 Å². The second kappa shape index (κ2) is 7.53. The number of anilines is 1. The van der Waals surface area contributed by atoms with Crippen molar-refractivity contribution in [1.82, 2.24) is 14.0 Å². The Morgan fingerprint density at radius 2 is 1.84 bits per heavy atom. The summed E-state index contributed by atoms with van der Waals surface area (Å²) < 4.78 is 7.68. The summed E-state index contributed by atoms with van der Waals surface area (Å²) in [6, 6.07) is 1.82. The van der Waals surface area contributed by atoms with Crippen molar-refractivity contribution in [3.63, 3.8) is 0 Å². The molecule has 1 aliphatic rings. The highest BCUT2D eigenvalue weighted by Crippen LogP contribution is 2.12. The quantitative estimate of drug-likeness (QED) is 0.777. The average Bonchev–Trinajstić information content (AvgIpc) is 2.56. The Bertz CT molecular complexity index is 810. The summed E-state index contributed by atoms with van der Waals surface area (Å²) in [6.07, 6.45) is 0.167. The van der Waals surface area contributed by atoms with Crippen molar-refractivity contribution in [3.05, 3.63) is 26.4 Å². The summed E-state index contributed by atoms with van der Waals surface area (Å²) in [7, 11) is 2.79. The van der Waals surface area contributed by atoms with Gasteiger partial charge in [-0.3, -0.25) is 18.7 Å². The number of rotatable bonds is 4. The molecular weight excluding hydrogens is 326 g/mol. The highest BCUT2D eigenvalue weighted by Gasteiger charge is 2.25. The number of hydrogen-bond donors (Lipinski definition) is 1. The first kappa shape index (κ1) is 18.7. The number of carbonyl (C=O) groups is 1. The Labute approximate surface area is 145 Å². The molecule has 0 bridgehead atoms. The van der Waals surface area contributed by atoms with E-state index in [1.807, 2.05) is 19.9 Å². The van der Waals surface area contributed by atoms with E-state index in [-0.39, 0.29) is 42.5 Å². The third-order valence-electron chi connectivity index (χ3n) is 4.18. The van der Waals surface area contributed by atoms with Crippen LogP contribution >= 0.6 is 0 Å². The molecule has 1 N–H and O–H groups in total. The van der Waals surface area contributed by atoms with E-state index in [4.69, 9.17) is 4.74 Å². The summed E-state index contributed by atoms with van der Waals surface area (Å²) in [6.45, 7) is 5.13. The van der Waals surface area contributed by atoms with E-state index < -0.39 is 11.2 Å². The fourth-order valence-electron chi connectivity index (χ4n) is 2.98. The molecule has 0 unspecified atom stereocenters. The standard InChI is InChI=1S/C16H23N5O4/c1-10-8-21(9-11(2)25-10)13(22)5-6-18-14-12(7-17)15(23)20(4)16(24)19(14)3/h10-11,18H,5-6,8-9H2,1-4H3/t10-,11-/m0/s1. The predicted molar refractivity (Wildman–Crippen MR) is 91.3 cm³/mol. The second-order valence-electron chi connectivity index (χ2n) is 6.27. The molecule has 1 amide bonds. The molecule has 1 aromatic rings. The Morgan fingerprint density at radius 1 is 1.24 bits per heavy atom. The molecule has 1 saturated heterocycles. The molecule has 9 nitrogen and oxygen atoms in total. The predicted octanol–water partition coefficient (Wildman–Crippen LogP) is -0.607. The van der Waals surface area contributed by atoms with E-state index in [9.17, 15) is 19.6 Å². The number of nitrogens with zero attached hydrogens (tertiary/aromatic N) is 4. The number of carbonyl (C=O) groups excluding carboxylic acids is 1. The summed E-state index contributed by atoms with van der Waals surface area (Å²) in [4.78, 5) is 38.1. The first-order chi connectivity index (χ1) is 11.8. The molecule has 0 radical (unpaired) electrons. The molecule has 136 valence electrons. The van der Waals surface area contributed by atoms with Gasteiger partial charge in [0.15, 0.2) is 5.56 Å². The van der Waals surface area contributed by atoms with Gasteiger partial charge in [-0.1, -0.05) is 0 Å². The average molecular weight is 349 g/mol. The summed E-state index contributed by atoms with van der Waals surface area (Å²) >= 11 is 0. The van der Waals surface area contributed by atoms with Gasteiger partial charge in [0.05, 0.1) is 12.2 Å². The zero-order valence-electron chi connectivity index (χ0n) is 14.9. The van der Waals surface area contributed by atoms with Crippen molar-refractivity contribution in [2.75, 3.05) is 25.0 Å². The maximum absolute atomic E-state index is 12.3. The third kappa shape index (κ3) is 3.91. The Kier molecular flexibility index (Phi) is 5.64. The van der Waals surface area contributed by atoms with Gasteiger partial charge in [0.25, 0.3) is 5.56 Å². The van der Waals surface area contributed by atoms with Crippen molar-refractivity contribution >= 4 is 11.7 Å². The van der Waals surface area contributed by atoms with Crippen molar-refractivity contribution in [1.29, 1.82) is 5.26 Å². The van der Waals surface area contributed by atoms with Crippen LogP contribution in [0.3, 0.4) is 0 Å². The molecular formula is C16H23N5O4. The largest absolute Gasteiger partial charge is 0.372 e. The zero-order chi connectivity index (χ0) is 18.7. The second-order valence-corrected chi connectivity index (χ2v) is 6.27. The number of aromatic nitrogens is 2. The number of nitriles is 1. The lowest BCUT2D eigenvalue weighted by Gasteiger charge is -2.35. The molecule has 1 aliphatic heterocycles. The van der Waals surface area contributed by atoms with Crippen LogP contribution in [0, 0.1) is 11.3 Å². The maximum Gasteiger partial charge on any atom is 0.332 e. The summed E-state index contributed by atoms with van der Waals surface area (Å²) in [5.74, 6) is 0.0916. The van der Waals surface area contributed by atoms with Gasteiger partial charge in [-0.25, -0.2) is 4.79 Å². The molecule has 2 rings (SSSR count). The zero-order valence-corrected chi connectivity index (χ0v) is 14.9. The monoisotopic (exact) mass is 349 g/mol. The van der Waals surface area contributed by atoms with Crippen molar-refractivity contribution in [2.24, 2.45) is 14.1 Å². The Hall–Kier alpha value is -2.60. The lowest BCUT2D eigenvalue weighted by atomic mass is 10.2. The van der Waals surface area contributed by atoms with Crippen LogP contribution in [0.4, 0.5) is 5.82 Å². The van der Waals surface area contributed by atoms with Crippen LogP contribution < -0.4 is 16.6 Å². The molecule has 9 heteroatoms. The Balaban J connectivity index is 2.08. The number of morpholine rings is 1. The summed E-state index contributed by atoms with van der Waals surface area (Å²) in [5, 5.41) is 12.1. The van der Waals surface area contributed by atoms with E-state index >= 15 is 0 Å². The SMILES string of the molecule is C[C@H]1CN(C(=O)CCNc2c(C#N)c(=O)n(C)c(=O)n2C)C[C@H](C)O1. The topological polar surface area (TPSA) is 109 Å². The van der Waals surface area contributed by atoms with E-state index in [0.717, 1.165) is 4.57 Å². The van der Waals surface area contributed by atoms with Crippen molar-refractivity contribution < 1.29 is 9.53 Å². The normalized spacial score (nSPS) is 20.2. The molecule has 1 fully saturated rings. The first-order valence-electron chi connectivity index (χ1n) is 8.13. The lowest BCUT2D eigenvalue weighted by Crippen LogP contribution is -2.48. The van der Waals surface area contributed by atoms with E-state index in [1.165, 1.54) is 18.7 Å². The van der Waals surface area contributed by atoms with Gasteiger partial charge in [0.1, 0.15) is 11.9 Å². The molecule has 0 saturated carbocycles. The van der Waals surface area contributed by atoms with Crippen LogP contribution in [0.2, 0.25) is 0 Å². The minimum absolute atomic E-state index is 0.0104. The van der Waals surface area contributed by atoms with Gasteiger partial charge in [-0.2, -0.15) is 5.26 Å². The number of nitrogens with one attached hydrogen (secondary N) is 1. The smallest absolute Gasteiger partial charge is 0.332 e. The van der Waals surface area contributed by atoms with Crippen LogP contribution in [-0.4, -0.2) is 51.8 Å². The fraction of sp³-hybridized carbons (Fsp3) is 0.625. The van der Waals surface area contributed by atoms with Crippen molar-refractivity contribution in [3.8, 4) is 6.07 Å². The van der Waals surface area contributed by atoms with Gasteiger partial charge in [-0.15, -0.1) is 0 Å².